The molecule has 0 atom stereocenters. The zero-order valence-electron chi connectivity index (χ0n) is 15.0. The largest absolute Gasteiger partial charge is 0.434 e. The number of nitrogens with zero attached hydrogens (tertiary/aromatic N) is 2. The number of aromatic nitrogens is 2. The summed E-state index contributed by atoms with van der Waals surface area (Å²) >= 11 is 0. The van der Waals surface area contributed by atoms with Crippen LogP contribution < -0.4 is 10.1 Å². The molecule has 146 valence electrons. The first-order chi connectivity index (χ1) is 13.5. The van der Waals surface area contributed by atoms with E-state index in [1.165, 1.54) is 24.4 Å². The predicted molar refractivity (Wildman–Crippen MR) is 97.1 cm³/mol. The molecule has 3 rings (SSSR count). The Labute approximate surface area is 159 Å². The van der Waals surface area contributed by atoms with Gasteiger partial charge in [0, 0.05) is 12.1 Å². The average molecular weight is 389 g/mol. The van der Waals surface area contributed by atoms with E-state index in [4.69, 9.17) is 0 Å². The Morgan fingerprint density at radius 1 is 1.18 bits per heavy atom. The molecule has 0 aliphatic rings. The van der Waals surface area contributed by atoms with Crippen molar-refractivity contribution in [3.05, 3.63) is 77.4 Å². The smallest absolute Gasteiger partial charge is 0.387 e. The van der Waals surface area contributed by atoms with E-state index in [1.54, 1.807) is 35.0 Å². The molecule has 0 saturated carbocycles. The van der Waals surface area contributed by atoms with Crippen molar-refractivity contribution in [3.8, 4) is 11.4 Å². The summed E-state index contributed by atoms with van der Waals surface area (Å²) in [4.78, 5) is 12.6. The van der Waals surface area contributed by atoms with Crippen LogP contribution in [0.25, 0.3) is 5.69 Å². The van der Waals surface area contributed by atoms with Gasteiger partial charge in [-0.3, -0.25) is 4.79 Å². The Bertz CT molecular complexity index is 956. The molecule has 8 heteroatoms. The molecule has 0 spiro atoms. The van der Waals surface area contributed by atoms with Gasteiger partial charge in [-0.2, -0.15) is 13.9 Å². The van der Waals surface area contributed by atoms with Gasteiger partial charge in [0.2, 0.25) is 0 Å². The number of carbonyl (C=O) groups excluding carboxylic acids is 1. The van der Waals surface area contributed by atoms with Crippen molar-refractivity contribution in [3.63, 3.8) is 0 Å². The van der Waals surface area contributed by atoms with Crippen molar-refractivity contribution < 1.29 is 22.7 Å². The molecule has 1 N–H and O–H groups in total. The van der Waals surface area contributed by atoms with Crippen molar-refractivity contribution in [2.24, 2.45) is 0 Å². The van der Waals surface area contributed by atoms with Crippen LogP contribution in [-0.2, 0) is 13.0 Å². The molecule has 1 aromatic heterocycles. The van der Waals surface area contributed by atoms with E-state index in [0.29, 0.717) is 28.9 Å². The standard InChI is InChI=1S/C20H18F3N3O2/c1-2-17-16(12-25-26(17)15-9-7-14(21)8-10-15)19(27)24-11-13-5-3-4-6-18(13)28-20(22)23/h3-10,12,20H,2,11H2,1H3,(H,24,27). The molecule has 0 fully saturated rings. The van der Waals surface area contributed by atoms with Crippen LogP contribution in [-0.4, -0.2) is 22.3 Å². The van der Waals surface area contributed by atoms with Crippen LogP contribution in [0.15, 0.2) is 54.7 Å². The van der Waals surface area contributed by atoms with Gasteiger partial charge in [0.05, 0.1) is 23.1 Å². The number of hydrogen-bond acceptors (Lipinski definition) is 3. The topological polar surface area (TPSA) is 56.1 Å². The number of alkyl halides is 2. The van der Waals surface area contributed by atoms with Crippen LogP contribution >= 0.6 is 0 Å². The van der Waals surface area contributed by atoms with Crippen LogP contribution in [0.3, 0.4) is 0 Å². The van der Waals surface area contributed by atoms with E-state index >= 15 is 0 Å². The lowest BCUT2D eigenvalue weighted by molar-refractivity contribution is -0.0504. The number of halogens is 3. The summed E-state index contributed by atoms with van der Waals surface area (Å²) in [6, 6.07) is 12.0. The van der Waals surface area contributed by atoms with Crippen LogP contribution in [0.1, 0.15) is 28.5 Å². The third-order valence-corrected chi connectivity index (χ3v) is 4.15. The number of rotatable bonds is 7. The minimum atomic E-state index is -2.95. The van der Waals surface area contributed by atoms with Gasteiger partial charge in [-0.15, -0.1) is 0 Å². The second-order valence-corrected chi connectivity index (χ2v) is 5.92. The Kier molecular flexibility index (Phi) is 5.98. The van der Waals surface area contributed by atoms with Gasteiger partial charge in [-0.25, -0.2) is 9.07 Å². The third kappa shape index (κ3) is 4.33. The van der Waals surface area contributed by atoms with E-state index in [-0.39, 0.29) is 18.1 Å². The summed E-state index contributed by atoms with van der Waals surface area (Å²) in [5.41, 5.74) is 2.08. The zero-order valence-corrected chi connectivity index (χ0v) is 15.0. The normalized spacial score (nSPS) is 10.9. The van der Waals surface area contributed by atoms with Crippen LogP contribution in [0, 0.1) is 5.82 Å². The van der Waals surface area contributed by atoms with Crippen molar-refractivity contribution in [2.45, 2.75) is 26.5 Å². The molecule has 0 unspecified atom stereocenters. The van der Waals surface area contributed by atoms with Crippen molar-refractivity contribution in [1.82, 2.24) is 15.1 Å². The molecular formula is C20H18F3N3O2. The minimum absolute atomic E-state index is 0.00974. The van der Waals surface area contributed by atoms with Gasteiger partial charge < -0.3 is 10.1 Å². The highest BCUT2D eigenvalue weighted by molar-refractivity contribution is 5.95. The molecule has 1 amide bonds. The third-order valence-electron chi connectivity index (χ3n) is 4.15. The fourth-order valence-corrected chi connectivity index (χ4v) is 2.84. The van der Waals surface area contributed by atoms with Gasteiger partial charge in [0.15, 0.2) is 0 Å². The maximum absolute atomic E-state index is 13.1. The summed E-state index contributed by atoms with van der Waals surface area (Å²) in [6.45, 7) is -1.05. The van der Waals surface area contributed by atoms with Gasteiger partial charge in [0.1, 0.15) is 11.6 Å². The van der Waals surface area contributed by atoms with E-state index in [0.717, 1.165) is 0 Å². The lowest BCUT2D eigenvalue weighted by atomic mass is 10.1. The summed E-state index contributed by atoms with van der Waals surface area (Å²) in [5, 5.41) is 6.93. The predicted octanol–water partition coefficient (Wildman–Crippen LogP) is 4.11. The van der Waals surface area contributed by atoms with Crippen LogP contribution in [0.4, 0.5) is 13.2 Å². The number of ether oxygens (including phenoxy) is 1. The average Bonchev–Trinajstić information content (AvgIpc) is 3.11. The molecule has 0 radical (unpaired) electrons. The Morgan fingerprint density at radius 2 is 1.89 bits per heavy atom. The SMILES string of the molecule is CCc1c(C(=O)NCc2ccccc2OC(F)F)cnn1-c1ccc(F)cc1. The molecule has 0 aliphatic carbocycles. The number of carbonyl (C=O) groups is 1. The minimum Gasteiger partial charge on any atom is -0.434 e. The Hall–Kier alpha value is -3.29. The molecule has 2 aromatic carbocycles. The molecule has 5 nitrogen and oxygen atoms in total. The van der Waals surface area contributed by atoms with Gasteiger partial charge in [-0.1, -0.05) is 25.1 Å². The second kappa shape index (κ2) is 8.60. The van der Waals surface area contributed by atoms with Crippen molar-refractivity contribution >= 4 is 5.91 Å². The second-order valence-electron chi connectivity index (χ2n) is 5.92. The van der Waals surface area contributed by atoms with E-state index < -0.39 is 12.5 Å². The molecule has 0 bridgehead atoms. The number of para-hydroxylation sites is 1. The Morgan fingerprint density at radius 3 is 2.57 bits per heavy atom. The molecule has 1 heterocycles. The van der Waals surface area contributed by atoms with E-state index in [9.17, 15) is 18.0 Å². The van der Waals surface area contributed by atoms with E-state index in [2.05, 4.69) is 15.2 Å². The fraction of sp³-hybridized carbons (Fsp3) is 0.200. The first-order valence-corrected chi connectivity index (χ1v) is 8.63. The van der Waals surface area contributed by atoms with Crippen molar-refractivity contribution in [2.75, 3.05) is 0 Å². The lowest BCUT2D eigenvalue weighted by Crippen LogP contribution is -2.24. The molecule has 0 saturated heterocycles. The molecule has 3 aromatic rings. The summed E-state index contributed by atoms with van der Waals surface area (Å²) in [6.07, 6.45) is 1.95. The fourth-order valence-electron chi connectivity index (χ4n) is 2.84. The summed E-state index contributed by atoms with van der Waals surface area (Å²) in [5.74, 6) is -0.746. The van der Waals surface area contributed by atoms with Gasteiger partial charge >= 0.3 is 6.61 Å². The zero-order chi connectivity index (χ0) is 20.1. The molecule has 28 heavy (non-hydrogen) atoms. The highest BCUT2D eigenvalue weighted by Gasteiger charge is 2.18. The lowest BCUT2D eigenvalue weighted by Gasteiger charge is -2.12. The Balaban J connectivity index is 1.78. The number of hydrogen-bond donors (Lipinski definition) is 1. The number of nitrogens with one attached hydrogen (secondary N) is 1. The van der Waals surface area contributed by atoms with Gasteiger partial charge in [-0.05, 0) is 36.8 Å². The quantitative estimate of drug-likeness (QED) is 0.662. The van der Waals surface area contributed by atoms with Gasteiger partial charge in [0.25, 0.3) is 5.91 Å². The maximum Gasteiger partial charge on any atom is 0.387 e. The first kappa shape index (κ1) is 19.5. The highest BCUT2D eigenvalue weighted by atomic mass is 19.3. The number of benzene rings is 2. The maximum atomic E-state index is 13.1. The van der Waals surface area contributed by atoms with Crippen molar-refractivity contribution in [1.29, 1.82) is 0 Å². The molecular weight excluding hydrogens is 371 g/mol. The van der Waals surface area contributed by atoms with Crippen LogP contribution in [0.2, 0.25) is 0 Å². The first-order valence-electron chi connectivity index (χ1n) is 8.63. The summed E-state index contributed by atoms with van der Waals surface area (Å²) < 4.78 is 44.2. The monoisotopic (exact) mass is 389 g/mol. The highest BCUT2D eigenvalue weighted by Crippen LogP contribution is 2.21. The number of amides is 1. The summed E-state index contributed by atoms with van der Waals surface area (Å²) in [7, 11) is 0. The molecule has 0 aliphatic heterocycles. The van der Waals surface area contributed by atoms with E-state index in [1.807, 2.05) is 6.92 Å². The van der Waals surface area contributed by atoms with Crippen LogP contribution in [0.5, 0.6) is 5.75 Å².